The first-order valence-electron chi connectivity index (χ1n) is 9.72. The van der Waals surface area contributed by atoms with Crippen LogP contribution in [0.4, 0.5) is 5.95 Å². The molecule has 4 rings (SSSR count). The molecule has 1 aliphatic rings. The van der Waals surface area contributed by atoms with Gasteiger partial charge in [-0.25, -0.2) is 9.97 Å². The van der Waals surface area contributed by atoms with Gasteiger partial charge in [0.25, 0.3) is 0 Å². The first-order valence-corrected chi connectivity index (χ1v) is 11.2. The van der Waals surface area contributed by atoms with Gasteiger partial charge in [0.1, 0.15) is 5.75 Å². The second-order valence-electron chi connectivity index (χ2n) is 7.15. The van der Waals surface area contributed by atoms with Crippen molar-refractivity contribution in [3.63, 3.8) is 0 Å². The van der Waals surface area contributed by atoms with Crippen molar-refractivity contribution in [2.45, 2.75) is 37.8 Å². The Hall–Kier alpha value is -1.93. The third-order valence-electron chi connectivity index (χ3n) is 5.15. The highest BCUT2D eigenvalue weighted by atomic mass is 127. The number of aliphatic hydroxyl groups is 1. The first-order chi connectivity index (χ1) is 13.7. The van der Waals surface area contributed by atoms with Gasteiger partial charge in [-0.15, -0.1) is 0 Å². The Morgan fingerprint density at radius 3 is 2.61 bits per heavy atom. The average molecular weight is 489 g/mol. The molecule has 1 fully saturated rings. The zero-order valence-electron chi connectivity index (χ0n) is 15.6. The molecule has 2 N–H and O–H groups in total. The van der Waals surface area contributed by atoms with Gasteiger partial charge >= 0.3 is 0 Å². The molecule has 2 aromatic carbocycles. The van der Waals surface area contributed by atoms with Crippen LogP contribution in [0.3, 0.4) is 0 Å². The van der Waals surface area contributed by atoms with Gasteiger partial charge in [0.15, 0.2) is 0 Å². The molecular formula is C22H24IN3O2. The Kier molecular flexibility index (Phi) is 6.26. The molecule has 1 saturated carbocycles. The predicted molar refractivity (Wildman–Crippen MR) is 121 cm³/mol. The number of hydrogen-bond acceptors (Lipinski definition) is 5. The molecule has 28 heavy (non-hydrogen) atoms. The molecular weight excluding hydrogens is 465 g/mol. The Morgan fingerprint density at radius 2 is 1.86 bits per heavy atom. The molecule has 1 heterocycles. The Balaban J connectivity index is 1.59. The number of anilines is 1. The van der Waals surface area contributed by atoms with Crippen molar-refractivity contribution < 1.29 is 9.84 Å². The summed E-state index contributed by atoms with van der Waals surface area (Å²) in [6.07, 6.45) is 5.28. The van der Waals surface area contributed by atoms with E-state index < -0.39 is 0 Å². The van der Waals surface area contributed by atoms with E-state index in [1.54, 1.807) is 0 Å². The Labute approximate surface area is 178 Å². The zero-order chi connectivity index (χ0) is 19.3. The van der Waals surface area contributed by atoms with Crippen LogP contribution in [0.15, 0.2) is 48.7 Å². The van der Waals surface area contributed by atoms with Crippen molar-refractivity contribution in [2.75, 3.05) is 16.4 Å². The lowest BCUT2D eigenvalue weighted by Gasteiger charge is -2.26. The van der Waals surface area contributed by atoms with E-state index in [-0.39, 0.29) is 6.10 Å². The van der Waals surface area contributed by atoms with Gasteiger partial charge in [0, 0.05) is 27.6 Å². The van der Waals surface area contributed by atoms with Gasteiger partial charge in [0.05, 0.1) is 18.2 Å². The van der Waals surface area contributed by atoms with Crippen LogP contribution in [-0.2, 0) is 0 Å². The third kappa shape index (κ3) is 4.55. The molecule has 0 aliphatic heterocycles. The maximum Gasteiger partial charge on any atom is 0.223 e. The number of halogens is 1. The number of fused-ring (bicyclic) bond motifs is 1. The molecule has 146 valence electrons. The molecule has 6 heteroatoms. The molecule has 0 spiro atoms. The summed E-state index contributed by atoms with van der Waals surface area (Å²) >= 11 is 2.31. The maximum absolute atomic E-state index is 9.70. The van der Waals surface area contributed by atoms with Crippen LogP contribution in [-0.4, -0.2) is 38.3 Å². The number of para-hydroxylation sites is 1. The standard InChI is InChI=1S/C22H24IN3O2/c23-12-13-28-19-10-4-15(5-11-19)20-3-1-2-16-14-24-22(26-21(16)20)25-17-6-8-18(27)9-7-17/h1-5,10-11,14,17-18,27H,6-9,12-13H2,(H,24,25,26). The van der Waals surface area contributed by atoms with Crippen LogP contribution >= 0.6 is 22.6 Å². The normalized spacial score (nSPS) is 19.5. The van der Waals surface area contributed by atoms with Crippen molar-refractivity contribution >= 4 is 39.4 Å². The molecule has 0 unspecified atom stereocenters. The number of rotatable bonds is 6. The molecule has 5 nitrogen and oxygen atoms in total. The summed E-state index contributed by atoms with van der Waals surface area (Å²) in [7, 11) is 0. The number of benzene rings is 2. The van der Waals surface area contributed by atoms with Crippen molar-refractivity contribution in [3.8, 4) is 16.9 Å². The summed E-state index contributed by atoms with van der Waals surface area (Å²) < 4.78 is 6.65. The van der Waals surface area contributed by atoms with E-state index in [1.807, 2.05) is 30.5 Å². The van der Waals surface area contributed by atoms with Gasteiger partial charge in [-0.05, 0) is 43.4 Å². The Morgan fingerprint density at radius 1 is 1.07 bits per heavy atom. The van der Waals surface area contributed by atoms with Gasteiger partial charge in [-0.1, -0.05) is 52.9 Å². The highest BCUT2D eigenvalue weighted by Crippen LogP contribution is 2.29. The molecule has 0 radical (unpaired) electrons. The van der Waals surface area contributed by atoms with Crippen molar-refractivity contribution in [1.29, 1.82) is 0 Å². The minimum atomic E-state index is -0.161. The summed E-state index contributed by atoms with van der Waals surface area (Å²) in [5.74, 6) is 1.54. The van der Waals surface area contributed by atoms with E-state index >= 15 is 0 Å². The van der Waals surface area contributed by atoms with Crippen LogP contribution in [0.5, 0.6) is 5.75 Å². The fraction of sp³-hybridized carbons (Fsp3) is 0.364. The van der Waals surface area contributed by atoms with Crippen LogP contribution in [0.1, 0.15) is 25.7 Å². The first kappa shape index (κ1) is 19.4. The number of alkyl halides is 1. The minimum absolute atomic E-state index is 0.161. The van der Waals surface area contributed by atoms with E-state index in [0.717, 1.165) is 57.9 Å². The lowest BCUT2D eigenvalue weighted by atomic mass is 9.93. The highest BCUT2D eigenvalue weighted by Gasteiger charge is 2.20. The summed E-state index contributed by atoms with van der Waals surface area (Å²) in [6.45, 7) is 0.717. The highest BCUT2D eigenvalue weighted by molar-refractivity contribution is 14.1. The molecule has 0 atom stereocenters. The lowest BCUT2D eigenvalue weighted by Crippen LogP contribution is -2.28. The monoisotopic (exact) mass is 489 g/mol. The second kappa shape index (κ2) is 9.05. The van der Waals surface area contributed by atoms with Gasteiger partial charge in [-0.3, -0.25) is 0 Å². The Bertz CT molecular complexity index is 925. The third-order valence-corrected chi connectivity index (χ3v) is 5.59. The topological polar surface area (TPSA) is 67.3 Å². The van der Waals surface area contributed by atoms with E-state index in [4.69, 9.17) is 9.72 Å². The second-order valence-corrected chi connectivity index (χ2v) is 8.23. The molecule has 0 saturated heterocycles. The van der Waals surface area contributed by atoms with Crippen molar-refractivity contribution in [2.24, 2.45) is 0 Å². The van der Waals surface area contributed by atoms with Crippen LogP contribution in [0.25, 0.3) is 22.0 Å². The van der Waals surface area contributed by atoms with Crippen LogP contribution < -0.4 is 10.1 Å². The molecule has 3 aromatic rings. The lowest BCUT2D eigenvalue weighted by molar-refractivity contribution is 0.126. The minimum Gasteiger partial charge on any atom is -0.493 e. The smallest absolute Gasteiger partial charge is 0.223 e. The van der Waals surface area contributed by atoms with E-state index in [0.29, 0.717) is 18.6 Å². The van der Waals surface area contributed by atoms with Crippen molar-refractivity contribution in [3.05, 3.63) is 48.7 Å². The van der Waals surface area contributed by atoms with Gasteiger partial charge in [-0.2, -0.15) is 0 Å². The number of nitrogens with zero attached hydrogens (tertiary/aromatic N) is 2. The van der Waals surface area contributed by atoms with Crippen LogP contribution in [0.2, 0.25) is 0 Å². The maximum atomic E-state index is 9.70. The van der Waals surface area contributed by atoms with Crippen molar-refractivity contribution in [1.82, 2.24) is 9.97 Å². The summed E-state index contributed by atoms with van der Waals surface area (Å²) in [5.41, 5.74) is 3.14. The SMILES string of the molecule is OC1CCC(Nc2ncc3cccc(-c4ccc(OCCI)cc4)c3n2)CC1. The average Bonchev–Trinajstić information content (AvgIpc) is 2.74. The van der Waals surface area contributed by atoms with E-state index in [1.165, 1.54) is 0 Å². The van der Waals surface area contributed by atoms with Gasteiger partial charge in [0.2, 0.25) is 5.95 Å². The molecule has 0 amide bonds. The molecule has 1 aromatic heterocycles. The number of ether oxygens (including phenoxy) is 1. The van der Waals surface area contributed by atoms with E-state index in [9.17, 15) is 5.11 Å². The number of aromatic nitrogens is 2. The van der Waals surface area contributed by atoms with Crippen LogP contribution in [0, 0.1) is 0 Å². The summed E-state index contributed by atoms with van der Waals surface area (Å²) in [6, 6.07) is 14.7. The largest absolute Gasteiger partial charge is 0.493 e. The fourth-order valence-electron chi connectivity index (χ4n) is 3.65. The predicted octanol–water partition coefficient (Wildman–Crippen LogP) is 4.83. The quantitative estimate of drug-likeness (QED) is 0.384. The molecule has 1 aliphatic carbocycles. The summed E-state index contributed by atoms with van der Waals surface area (Å²) in [4.78, 5) is 9.32. The number of hydrogen-bond donors (Lipinski definition) is 2. The fourth-order valence-corrected chi connectivity index (χ4v) is 3.87. The summed E-state index contributed by atoms with van der Waals surface area (Å²) in [5, 5.41) is 14.2. The van der Waals surface area contributed by atoms with E-state index in [2.05, 4.69) is 51.1 Å². The van der Waals surface area contributed by atoms with Gasteiger partial charge < -0.3 is 15.2 Å². The zero-order valence-corrected chi connectivity index (χ0v) is 17.8. The molecule has 0 bridgehead atoms. The number of nitrogens with one attached hydrogen (secondary N) is 1. The number of aliphatic hydroxyl groups excluding tert-OH is 1.